The number of nitrogens with one attached hydrogen (secondary N) is 2. The molecule has 2 aliphatic heterocycles. The zero-order valence-corrected chi connectivity index (χ0v) is 32.5. The molecular weight excluding hydrogens is 772 g/mol. The lowest BCUT2D eigenvalue weighted by Gasteiger charge is -2.42. The molecule has 17 heteroatoms. The Morgan fingerprint density at radius 2 is 1.57 bits per heavy atom. The topological polar surface area (TPSA) is 137 Å². The number of aromatic nitrogens is 4. The summed E-state index contributed by atoms with van der Waals surface area (Å²) in [5.74, 6) is -2.34. The molecule has 0 bridgehead atoms. The van der Waals surface area contributed by atoms with Crippen molar-refractivity contribution in [3.8, 4) is 28.4 Å². The van der Waals surface area contributed by atoms with E-state index in [1.807, 2.05) is 18.2 Å². The van der Waals surface area contributed by atoms with Crippen molar-refractivity contribution in [2.24, 2.45) is 0 Å². The van der Waals surface area contributed by atoms with Gasteiger partial charge >= 0.3 is 0 Å². The van der Waals surface area contributed by atoms with Gasteiger partial charge in [-0.1, -0.05) is 18.2 Å². The second-order valence-electron chi connectivity index (χ2n) is 14.2. The zero-order chi connectivity index (χ0) is 40.6. The Kier molecular flexibility index (Phi) is 10.8. The van der Waals surface area contributed by atoms with Crippen molar-refractivity contribution in [3.63, 3.8) is 0 Å². The summed E-state index contributed by atoms with van der Waals surface area (Å²) in [5.41, 5.74) is 2.73. The number of amides is 1. The second-order valence-corrected chi connectivity index (χ2v) is 16.2. The average Bonchev–Trinajstić information content (AvgIpc) is 3.63. The van der Waals surface area contributed by atoms with Gasteiger partial charge in [0, 0.05) is 80.6 Å². The number of methoxy groups -OCH3 is 1. The zero-order valence-electron chi connectivity index (χ0n) is 31.7. The van der Waals surface area contributed by atoms with Crippen LogP contribution in [0.3, 0.4) is 0 Å². The van der Waals surface area contributed by atoms with Crippen LogP contribution in [0.2, 0.25) is 0 Å². The number of para-hydroxylation sites is 1. The summed E-state index contributed by atoms with van der Waals surface area (Å²) in [6, 6.07) is 20.4. The highest BCUT2D eigenvalue weighted by Gasteiger charge is 2.30. The van der Waals surface area contributed by atoms with Crippen LogP contribution in [-0.2, 0) is 10.0 Å². The number of imidazole rings is 1. The molecule has 3 aromatic heterocycles. The lowest BCUT2D eigenvalue weighted by molar-refractivity contribution is 0.102. The number of halogens is 3. The number of fused-ring (bicyclic) bond motifs is 1. The molecule has 1 amide bonds. The van der Waals surface area contributed by atoms with Crippen molar-refractivity contribution < 1.29 is 31.1 Å². The van der Waals surface area contributed by atoms with Crippen LogP contribution in [0.15, 0.2) is 91.3 Å². The third kappa shape index (κ3) is 7.92. The summed E-state index contributed by atoms with van der Waals surface area (Å²) in [7, 11) is -1.59. The van der Waals surface area contributed by atoms with Crippen molar-refractivity contribution in [1.29, 1.82) is 0 Å². The maximum atomic E-state index is 15.2. The second kappa shape index (κ2) is 16.1. The summed E-state index contributed by atoms with van der Waals surface area (Å²) >= 11 is 0. The minimum Gasteiger partial charge on any atom is -0.494 e. The number of pyridine rings is 1. The number of ether oxygens (including phenoxy) is 1. The SMILES string of the molecule is COc1cc(N2CCC(N3CCN(S(C)(=O)=O)CC3)CC2)ccc1Nc1nccc(-c2c(-c3cccc(C(=O)Nc4c(F)cccc4F)c3)nc3c(F)cccn23)n1. The van der Waals surface area contributed by atoms with E-state index in [4.69, 9.17) is 9.72 Å². The molecule has 0 saturated carbocycles. The molecule has 0 atom stereocenters. The highest BCUT2D eigenvalue weighted by atomic mass is 32.2. The molecule has 300 valence electrons. The van der Waals surface area contributed by atoms with Gasteiger partial charge in [-0.05, 0) is 67.4 Å². The van der Waals surface area contributed by atoms with Gasteiger partial charge in [0.1, 0.15) is 23.1 Å². The number of anilines is 4. The fraction of sp³-hybridized carbons (Fsp3) is 0.268. The highest BCUT2D eigenvalue weighted by Crippen LogP contribution is 2.36. The molecule has 5 heterocycles. The molecule has 0 radical (unpaired) electrons. The number of hydrogen-bond donors (Lipinski definition) is 2. The van der Waals surface area contributed by atoms with Gasteiger partial charge in [0.05, 0.1) is 36.1 Å². The van der Waals surface area contributed by atoms with Gasteiger partial charge in [-0.2, -0.15) is 4.31 Å². The van der Waals surface area contributed by atoms with Crippen molar-refractivity contribution in [1.82, 2.24) is 28.6 Å². The van der Waals surface area contributed by atoms with Gasteiger partial charge in [0.2, 0.25) is 16.0 Å². The number of piperazine rings is 1. The Hall–Kier alpha value is -6.04. The van der Waals surface area contributed by atoms with E-state index < -0.39 is 39.1 Å². The molecule has 6 aromatic rings. The molecule has 2 N–H and O–H groups in total. The Labute approximate surface area is 333 Å². The average molecular weight is 812 g/mol. The number of carbonyl (C=O) groups is 1. The standard InChI is InChI=1S/C41H40F3N9O4S/c1-57-35-25-29(50-18-14-28(15-19-50)51-20-22-52(23-21-51)58(2,55)56)11-12-33(35)46-41-45-16-13-34(47-41)38-36(48-39-32(44)10-5-17-53(38)39)26-6-3-7-27(24-26)40(54)49-37-30(42)8-4-9-31(37)43/h3-13,16-17,24-25,28H,14-15,18-23H2,1-2H3,(H,49,54)(H,45,46,47). The van der Waals surface area contributed by atoms with Crippen molar-refractivity contribution in [2.75, 3.05) is 68.2 Å². The summed E-state index contributed by atoms with van der Waals surface area (Å²) in [4.78, 5) is 31.8. The fourth-order valence-electron chi connectivity index (χ4n) is 7.63. The van der Waals surface area contributed by atoms with Gasteiger partial charge in [-0.3, -0.25) is 14.1 Å². The van der Waals surface area contributed by atoms with Crippen molar-refractivity contribution in [2.45, 2.75) is 18.9 Å². The Balaban J connectivity index is 1.02. The number of carbonyl (C=O) groups excluding carboxylic acids is 1. The quantitative estimate of drug-likeness (QED) is 0.159. The number of piperidine rings is 1. The number of hydrogen-bond acceptors (Lipinski definition) is 10. The number of benzene rings is 3. The Morgan fingerprint density at radius 3 is 2.29 bits per heavy atom. The first-order valence-corrected chi connectivity index (χ1v) is 20.6. The number of nitrogens with zero attached hydrogens (tertiary/aromatic N) is 7. The van der Waals surface area contributed by atoms with Gasteiger partial charge < -0.3 is 20.3 Å². The maximum Gasteiger partial charge on any atom is 0.255 e. The van der Waals surface area contributed by atoms with E-state index >= 15 is 4.39 Å². The van der Waals surface area contributed by atoms with Crippen molar-refractivity contribution in [3.05, 3.63) is 114 Å². The van der Waals surface area contributed by atoms with Crippen molar-refractivity contribution >= 4 is 44.6 Å². The lowest BCUT2D eigenvalue weighted by atomic mass is 10.0. The third-order valence-corrected chi connectivity index (χ3v) is 11.9. The molecular formula is C41H40F3N9O4S. The first-order chi connectivity index (χ1) is 28.0. The largest absolute Gasteiger partial charge is 0.494 e. The first-order valence-electron chi connectivity index (χ1n) is 18.7. The van der Waals surface area contributed by atoms with Gasteiger partial charge in [0.25, 0.3) is 5.91 Å². The van der Waals surface area contributed by atoms with Gasteiger partial charge in [-0.15, -0.1) is 0 Å². The van der Waals surface area contributed by atoms with Crippen LogP contribution in [0.5, 0.6) is 5.75 Å². The minimum atomic E-state index is -3.17. The Bertz CT molecular complexity index is 2590. The fourth-order valence-corrected chi connectivity index (χ4v) is 8.46. The maximum absolute atomic E-state index is 15.2. The molecule has 2 fully saturated rings. The molecule has 58 heavy (non-hydrogen) atoms. The van der Waals surface area contributed by atoms with E-state index in [9.17, 15) is 22.0 Å². The molecule has 0 aliphatic carbocycles. The summed E-state index contributed by atoms with van der Waals surface area (Å²) in [5, 5.41) is 5.56. The minimum absolute atomic E-state index is 0.0275. The molecule has 3 aromatic carbocycles. The summed E-state index contributed by atoms with van der Waals surface area (Å²) in [6.45, 7) is 4.20. The van der Waals surface area contributed by atoms with Gasteiger partial charge in [0.15, 0.2) is 11.5 Å². The van der Waals surface area contributed by atoms with Crippen LogP contribution >= 0.6 is 0 Å². The smallest absolute Gasteiger partial charge is 0.255 e. The van der Waals surface area contributed by atoms with Crippen LogP contribution in [0.25, 0.3) is 28.3 Å². The van der Waals surface area contributed by atoms with E-state index in [2.05, 4.69) is 30.4 Å². The number of sulfonamides is 1. The molecule has 0 spiro atoms. The van der Waals surface area contributed by atoms with Crippen LogP contribution < -0.4 is 20.3 Å². The van der Waals surface area contributed by atoms with E-state index in [-0.39, 0.29) is 17.2 Å². The highest BCUT2D eigenvalue weighted by molar-refractivity contribution is 7.88. The predicted molar refractivity (Wildman–Crippen MR) is 215 cm³/mol. The van der Waals surface area contributed by atoms with E-state index in [1.165, 1.54) is 30.5 Å². The normalized spacial score (nSPS) is 15.8. The molecule has 2 saturated heterocycles. The molecule has 8 rings (SSSR count). The summed E-state index contributed by atoms with van der Waals surface area (Å²) < 4.78 is 76.7. The van der Waals surface area contributed by atoms with Crippen LogP contribution in [0, 0.1) is 17.5 Å². The monoisotopic (exact) mass is 811 g/mol. The van der Waals surface area contributed by atoms with E-state index in [0.717, 1.165) is 56.8 Å². The van der Waals surface area contributed by atoms with Crippen LogP contribution in [0.4, 0.5) is 36.2 Å². The molecule has 0 unspecified atom stereocenters. The van der Waals surface area contributed by atoms with E-state index in [0.29, 0.717) is 53.2 Å². The van der Waals surface area contributed by atoms with E-state index in [1.54, 1.807) is 52.5 Å². The predicted octanol–water partition coefficient (Wildman–Crippen LogP) is 6.43. The lowest BCUT2D eigenvalue weighted by Crippen LogP contribution is -2.54. The van der Waals surface area contributed by atoms with Crippen LogP contribution in [-0.4, -0.2) is 102 Å². The van der Waals surface area contributed by atoms with Crippen LogP contribution in [0.1, 0.15) is 23.2 Å². The summed E-state index contributed by atoms with van der Waals surface area (Å²) in [6.07, 6.45) is 6.40. The molecule has 2 aliphatic rings. The molecule has 13 nitrogen and oxygen atoms in total. The van der Waals surface area contributed by atoms with Gasteiger partial charge in [-0.25, -0.2) is 36.5 Å². The third-order valence-electron chi connectivity index (χ3n) is 10.6. The Morgan fingerprint density at radius 1 is 0.845 bits per heavy atom. The first kappa shape index (κ1) is 38.8. The number of rotatable bonds is 10.